The van der Waals surface area contributed by atoms with E-state index in [0.29, 0.717) is 0 Å². The molecule has 0 heterocycles. The van der Waals surface area contributed by atoms with Gasteiger partial charge in [0.05, 0.1) is 6.54 Å². The van der Waals surface area contributed by atoms with Crippen molar-refractivity contribution in [2.24, 2.45) is 0 Å². The molecule has 18 heavy (non-hydrogen) atoms. The maximum absolute atomic E-state index is 12.3. The second kappa shape index (κ2) is 6.39. The number of carbonyl (C=O) groups excluding carboxylic acids is 1. The highest BCUT2D eigenvalue weighted by Gasteiger charge is 2.20. The highest BCUT2D eigenvalue weighted by atomic mass is 35.5. The summed E-state index contributed by atoms with van der Waals surface area (Å²) < 4.78 is 24.6. The highest BCUT2D eigenvalue weighted by Crippen LogP contribution is 2.21. The van der Waals surface area contributed by atoms with Crippen molar-refractivity contribution in [3.63, 3.8) is 0 Å². The number of phenols is 2. The first kappa shape index (κ1) is 14.5. The van der Waals surface area contributed by atoms with Crippen LogP contribution in [-0.2, 0) is 0 Å². The molecule has 0 fully saturated rings. The fraction of sp³-hybridized carbons (Fsp3) is 0.364. The maximum Gasteiger partial charge on any atom is 0.255 e. The lowest BCUT2D eigenvalue weighted by Crippen LogP contribution is -2.36. The van der Waals surface area contributed by atoms with Gasteiger partial charge in [-0.25, -0.2) is 8.78 Å². The average molecular weight is 280 g/mol. The third-order valence-corrected chi connectivity index (χ3v) is 2.32. The summed E-state index contributed by atoms with van der Waals surface area (Å²) in [6.45, 7) is -0.789. The molecule has 0 radical (unpaired) electrons. The molecule has 1 aromatic carbocycles. The molecule has 1 amide bonds. The Morgan fingerprint density at radius 1 is 1.28 bits per heavy atom. The average Bonchev–Trinajstić information content (AvgIpc) is 2.25. The molecule has 0 aliphatic carbocycles. The number of rotatable bonds is 5. The van der Waals surface area contributed by atoms with Crippen LogP contribution in [-0.4, -0.2) is 46.4 Å². The molecule has 0 spiro atoms. The van der Waals surface area contributed by atoms with Gasteiger partial charge in [0.1, 0.15) is 11.5 Å². The van der Waals surface area contributed by atoms with Crippen LogP contribution in [0.5, 0.6) is 11.5 Å². The van der Waals surface area contributed by atoms with Crippen molar-refractivity contribution in [3.8, 4) is 11.5 Å². The minimum Gasteiger partial charge on any atom is -0.508 e. The van der Waals surface area contributed by atoms with Gasteiger partial charge in [-0.05, 0) is 12.1 Å². The molecule has 0 bridgehead atoms. The number of halogens is 3. The fourth-order valence-electron chi connectivity index (χ4n) is 1.45. The van der Waals surface area contributed by atoms with Crippen LogP contribution in [0.15, 0.2) is 18.2 Å². The Kier molecular flexibility index (Phi) is 5.15. The van der Waals surface area contributed by atoms with Crippen LogP contribution < -0.4 is 0 Å². The molecule has 0 unspecified atom stereocenters. The van der Waals surface area contributed by atoms with E-state index in [2.05, 4.69) is 0 Å². The smallest absolute Gasteiger partial charge is 0.255 e. The first-order valence-electron chi connectivity index (χ1n) is 5.10. The zero-order valence-electron chi connectivity index (χ0n) is 9.31. The molecule has 0 aliphatic heterocycles. The quantitative estimate of drug-likeness (QED) is 0.811. The summed E-state index contributed by atoms with van der Waals surface area (Å²) in [5.74, 6) is -1.34. The van der Waals surface area contributed by atoms with E-state index in [9.17, 15) is 23.8 Å². The molecule has 0 aromatic heterocycles. The van der Waals surface area contributed by atoms with E-state index in [-0.39, 0.29) is 29.5 Å². The number of benzene rings is 1. The number of nitrogens with zero attached hydrogens (tertiary/aromatic N) is 1. The summed E-state index contributed by atoms with van der Waals surface area (Å²) in [7, 11) is 0. The van der Waals surface area contributed by atoms with Gasteiger partial charge >= 0.3 is 0 Å². The van der Waals surface area contributed by atoms with Crippen LogP contribution in [0.4, 0.5) is 8.78 Å². The minimum absolute atomic E-state index is 0.0171. The largest absolute Gasteiger partial charge is 0.508 e. The summed E-state index contributed by atoms with van der Waals surface area (Å²) in [4.78, 5) is 12.8. The normalized spacial score (nSPS) is 10.7. The topological polar surface area (TPSA) is 60.8 Å². The maximum atomic E-state index is 12.3. The second-order valence-corrected chi connectivity index (χ2v) is 3.95. The highest BCUT2D eigenvalue weighted by molar-refractivity contribution is 6.18. The van der Waals surface area contributed by atoms with E-state index in [1.165, 1.54) is 0 Å². The predicted molar refractivity (Wildman–Crippen MR) is 62.4 cm³/mol. The SMILES string of the molecule is O=C(c1cc(O)cc(O)c1)N(CCCl)CC(F)F. The summed E-state index contributed by atoms with van der Waals surface area (Å²) in [5, 5.41) is 18.5. The van der Waals surface area contributed by atoms with E-state index in [0.717, 1.165) is 23.1 Å². The number of phenolic OH excluding ortho intramolecular Hbond substituents is 2. The van der Waals surface area contributed by atoms with Crippen molar-refractivity contribution in [3.05, 3.63) is 23.8 Å². The van der Waals surface area contributed by atoms with E-state index in [4.69, 9.17) is 11.6 Å². The zero-order valence-corrected chi connectivity index (χ0v) is 10.1. The number of alkyl halides is 3. The molecule has 2 N–H and O–H groups in total. The lowest BCUT2D eigenvalue weighted by Gasteiger charge is -2.21. The minimum atomic E-state index is -2.68. The monoisotopic (exact) mass is 279 g/mol. The molecule has 0 aliphatic rings. The second-order valence-electron chi connectivity index (χ2n) is 3.57. The molecule has 0 atom stereocenters. The van der Waals surface area contributed by atoms with Gasteiger partial charge in [-0.3, -0.25) is 4.79 Å². The van der Waals surface area contributed by atoms with Crippen LogP contribution in [0.2, 0.25) is 0 Å². The first-order chi connectivity index (χ1) is 8.43. The Morgan fingerprint density at radius 2 is 1.83 bits per heavy atom. The molecule has 0 saturated heterocycles. The molecule has 100 valence electrons. The summed E-state index contributed by atoms with van der Waals surface area (Å²) >= 11 is 5.44. The molecular formula is C11H12ClF2NO3. The Bertz CT molecular complexity index is 408. The van der Waals surface area contributed by atoms with Gasteiger partial charge in [0.2, 0.25) is 0 Å². The van der Waals surface area contributed by atoms with Gasteiger partial charge in [0.15, 0.2) is 0 Å². The molecule has 1 aromatic rings. The van der Waals surface area contributed by atoms with E-state index in [1.807, 2.05) is 0 Å². The van der Waals surface area contributed by atoms with Gasteiger partial charge in [0, 0.05) is 24.1 Å². The van der Waals surface area contributed by atoms with Crippen molar-refractivity contribution in [1.29, 1.82) is 0 Å². The number of carbonyl (C=O) groups is 1. The Balaban J connectivity index is 2.93. The number of amides is 1. The standard InChI is InChI=1S/C11H12ClF2NO3/c12-1-2-15(6-10(13)14)11(18)7-3-8(16)5-9(17)4-7/h3-5,10,16-17H,1-2,6H2. The third-order valence-electron chi connectivity index (χ3n) is 2.15. The zero-order chi connectivity index (χ0) is 13.7. The van der Waals surface area contributed by atoms with Gasteiger partial charge < -0.3 is 15.1 Å². The molecule has 7 heteroatoms. The van der Waals surface area contributed by atoms with Crippen molar-refractivity contribution < 1.29 is 23.8 Å². The van der Waals surface area contributed by atoms with Crippen LogP contribution in [0.3, 0.4) is 0 Å². The number of hydrogen-bond donors (Lipinski definition) is 2. The Labute approximate surface area is 107 Å². The lowest BCUT2D eigenvalue weighted by molar-refractivity contribution is 0.0570. The van der Waals surface area contributed by atoms with E-state index in [1.54, 1.807) is 0 Å². The van der Waals surface area contributed by atoms with Crippen LogP contribution >= 0.6 is 11.6 Å². The van der Waals surface area contributed by atoms with Crippen LogP contribution in [0.25, 0.3) is 0 Å². The summed E-state index contributed by atoms with van der Waals surface area (Å²) in [6, 6.07) is 3.22. The predicted octanol–water partition coefficient (Wildman–Crippen LogP) is 2.04. The third kappa shape index (κ3) is 4.03. The fourth-order valence-corrected chi connectivity index (χ4v) is 1.65. The van der Waals surface area contributed by atoms with Crippen LogP contribution in [0.1, 0.15) is 10.4 Å². The van der Waals surface area contributed by atoms with Gasteiger partial charge in [-0.1, -0.05) is 0 Å². The Morgan fingerprint density at radius 3 is 2.28 bits per heavy atom. The van der Waals surface area contributed by atoms with E-state index < -0.39 is 18.9 Å². The van der Waals surface area contributed by atoms with Crippen molar-refractivity contribution in [1.82, 2.24) is 4.90 Å². The summed E-state index contributed by atoms with van der Waals surface area (Å²) in [6.07, 6.45) is -2.68. The van der Waals surface area contributed by atoms with E-state index >= 15 is 0 Å². The molecule has 1 rings (SSSR count). The number of aromatic hydroxyl groups is 2. The molecular weight excluding hydrogens is 268 g/mol. The summed E-state index contributed by atoms with van der Waals surface area (Å²) in [5.41, 5.74) is -0.0710. The molecule has 4 nitrogen and oxygen atoms in total. The van der Waals surface area contributed by atoms with Crippen molar-refractivity contribution in [2.45, 2.75) is 6.43 Å². The first-order valence-corrected chi connectivity index (χ1v) is 5.64. The molecule has 0 saturated carbocycles. The van der Waals surface area contributed by atoms with Gasteiger partial charge in [-0.2, -0.15) is 0 Å². The lowest BCUT2D eigenvalue weighted by atomic mass is 10.1. The Hall–Kier alpha value is -1.56. The number of hydrogen-bond acceptors (Lipinski definition) is 3. The van der Waals surface area contributed by atoms with Gasteiger partial charge in [-0.15, -0.1) is 11.6 Å². The van der Waals surface area contributed by atoms with Crippen molar-refractivity contribution >= 4 is 17.5 Å². The van der Waals surface area contributed by atoms with Crippen molar-refractivity contribution in [2.75, 3.05) is 19.0 Å². The van der Waals surface area contributed by atoms with Crippen LogP contribution in [0, 0.1) is 0 Å². The van der Waals surface area contributed by atoms with Gasteiger partial charge in [0.25, 0.3) is 12.3 Å².